The van der Waals surface area contributed by atoms with Crippen LogP contribution in [0.25, 0.3) is 11.0 Å². The Labute approximate surface area is 146 Å². The third kappa shape index (κ3) is 3.53. The number of rotatable bonds is 4. The molecular formula is C19H23FN4O. The monoisotopic (exact) mass is 342 g/mol. The number of nitriles is 1. The molecule has 6 heteroatoms. The van der Waals surface area contributed by atoms with Crippen molar-refractivity contribution in [1.82, 2.24) is 14.9 Å². The number of benzene rings is 1. The van der Waals surface area contributed by atoms with E-state index in [4.69, 9.17) is 10.00 Å². The molecule has 0 amide bonds. The number of fused-ring (bicyclic) bond motifs is 1. The minimum absolute atomic E-state index is 0.264. The number of aromatic nitrogens is 2. The van der Waals surface area contributed by atoms with Crippen LogP contribution in [0.3, 0.4) is 0 Å². The molecule has 1 N–H and O–H groups in total. The zero-order chi connectivity index (χ0) is 17.2. The molecule has 0 bridgehead atoms. The summed E-state index contributed by atoms with van der Waals surface area (Å²) in [6.07, 6.45) is 4.87. The topological polar surface area (TPSA) is 64.9 Å². The molecule has 0 radical (unpaired) electrons. The van der Waals surface area contributed by atoms with Gasteiger partial charge in [0.1, 0.15) is 24.7 Å². The minimum atomic E-state index is -0.934. The number of nitrogens with one attached hydrogen (secondary N) is 1. The highest BCUT2D eigenvalue weighted by Gasteiger charge is 2.37. The van der Waals surface area contributed by atoms with Crippen LogP contribution in [0.4, 0.5) is 4.39 Å². The second-order valence-corrected chi connectivity index (χ2v) is 7.14. The van der Waals surface area contributed by atoms with Crippen molar-refractivity contribution in [3.8, 4) is 6.07 Å². The van der Waals surface area contributed by atoms with Gasteiger partial charge in [0.05, 0.1) is 22.7 Å². The van der Waals surface area contributed by atoms with Crippen molar-refractivity contribution in [2.45, 2.75) is 57.0 Å². The lowest BCUT2D eigenvalue weighted by molar-refractivity contribution is 0.00726. The maximum Gasteiger partial charge on any atom is 0.140 e. The van der Waals surface area contributed by atoms with Gasteiger partial charge in [0.25, 0.3) is 0 Å². The summed E-state index contributed by atoms with van der Waals surface area (Å²) in [6, 6.07) is 7.96. The summed E-state index contributed by atoms with van der Waals surface area (Å²) in [6.45, 7) is 1.42. The van der Waals surface area contributed by atoms with Crippen LogP contribution in [0.5, 0.6) is 0 Å². The van der Waals surface area contributed by atoms with Gasteiger partial charge in [-0.2, -0.15) is 5.26 Å². The average molecular weight is 342 g/mol. The third-order valence-electron chi connectivity index (χ3n) is 5.41. The van der Waals surface area contributed by atoms with E-state index >= 15 is 0 Å². The summed E-state index contributed by atoms with van der Waals surface area (Å²) < 4.78 is 20.2. The Hall–Kier alpha value is -1.97. The molecular weight excluding hydrogens is 319 g/mol. The Bertz CT molecular complexity index is 777. The SMILES string of the molecule is N#Cc1ccc2nc(CO[C@H]3CN(C4CCCCC4)C[C@H]3F)[nH]c2c1. The Morgan fingerprint density at radius 2 is 2.12 bits per heavy atom. The van der Waals surface area contributed by atoms with Gasteiger partial charge in [-0.05, 0) is 31.0 Å². The van der Waals surface area contributed by atoms with Crippen LogP contribution >= 0.6 is 0 Å². The molecule has 2 aromatic rings. The molecule has 5 nitrogen and oxygen atoms in total. The molecule has 1 aliphatic carbocycles. The summed E-state index contributed by atoms with van der Waals surface area (Å²) in [7, 11) is 0. The van der Waals surface area contributed by atoms with Crippen molar-refractivity contribution in [2.75, 3.05) is 13.1 Å². The maximum atomic E-state index is 14.4. The molecule has 2 heterocycles. The fourth-order valence-corrected chi connectivity index (χ4v) is 4.05. The second kappa shape index (κ2) is 7.11. The van der Waals surface area contributed by atoms with Crippen molar-refractivity contribution < 1.29 is 9.13 Å². The molecule has 2 fully saturated rings. The quantitative estimate of drug-likeness (QED) is 0.926. The van der Waals surface area contributed by atoms with E-state index in [1.807, 2.05) is 6.07 Å². The first-order valence-corrected chi connectivity index (χ1v) is 9.11. The van der Waals surface area contributed by atoms with E-state index in [1.165, 1.54) is 32.1 Å². The Kier molecular flexibility index (Phi) is 4.69. The fraction of sp³-hybridized carbons (Fsp3) is 0.579. The van der Waals surface area contributed by atoms with Crippen LogP contribution in [0.1, 0.15) is 43.5 Å². The van der Waals surface area contributed by atoms with Crippen LogP contribution in [0.2, 0.25) is 0 Å². The summed E-state index contributed by atoms with van der Waals surface area (Å²) in [5, 5.41) is 8.96. The number of likely N-dealkylation sites (tertiary alicyclic amines) is 1. The number of alkyl halides is 1. The van der Waals surface area contributed by atoms with Gasteiger partial charge in [0.15, 0.2) is 0 Å². The molecule has 1 aromatic carbocycles. The van der Waals surface area contributed by atoms with E-state index < -0.39 is 6.17 Å². The Morgan fingerprint density at radius 3 is 2.92 bits per heavy atom. The van der Waals surface area contributed by atoms with Crippen molar-refractivity contribution in [3.63, 3.8) is 0 Å². The molecule has 1 aromatic heterocycles. The van der Waals surface area contributed by atoms with Gasteiger partial charge >= 0.3 is 0 Å². The standard InChI is InChI=1S/C19H23FN4O/c20-15-10-24(14-4-2-1-3-5-14)11-18(15)25-12-19-22-16-7-6-13(9-21)8-17(16)23-19/h6-8,14-15,18H,1-5,10-12H2,(H,22,23)/t15-,18+/m1/s1. The number of hydrogen-bond donors (Lipinski definition) is 1. The van der Waals surface area contributed by atoms with E-state index in [1.54, 1.807) is 12.1 Å². The molecule has 2 aliphatic rings. The maximum absolute atomic E-state index is 14.4. The largest absolute Gasteiger partial charge is 0.366 e. The van der Waals surface area contributed by atoms with Gasteiger partial charge in [0.2, 0.25) is 0 Å². The van der Waals surface area contributed by atoms with Crippen LogP contribution in [-0.4, -0.2) is 46.3 Å². The molecule has 132 valence electrons. The summed E-state index contributed by atoms with van der Waals surface area (Å²) in [5.74, 6) is 0.674. The highest BCUT2D eigenvalue weighted by molar-refractivity contribution is 5.76. The van der Waals surface area contributed by atoms with E-state index in [9.17, 15) is 4.39 Å². The zero-order valence-corrected chi connectivity index (χ0v) is 14.2. The molecule has 25 heavy (non-hydrogen) atoms. The zero-order valence-electron chi connectivity index (χ0n) is 14.2. The summed E-state index contributed by atoms with van der Waals surface area (Å²) >= 11 is 0. The van der Waals surface area contributed by atoms with E-state index in [0.29, 0.717) is 30.5 Å². The first-order chi connectivity index (χ1) is 12.2. The van der Waals surface area contributed by atoms with Crippen LogP contribution < -0.4 is 0 Å². The normalized spacial score (nSPS) is 25.4. The fourth-order valence-electron chi connectivity index (χ4n) is 4.05. The number of hydrogen-bond acceptors (Lipinski definition) is 4. The highest BCUT2D eigenvalue weighted by atomic mass is 19.1. The number of nitrogens with zero attached hydrogens (tertiary/aromatic N) is 3. The number of halogens is 1. The predicted octanol–water partition coefficient (Wildman–Crippen LogP) is 3.31. The molecule has 1 aliphatic heterocycles. The van der Waals surface area contributed by atoms with Crippen molar-refractivity contribution in [2.24, 2.45) is 0 Å². The van der Waals surface area contributed by atoms with E-state index in [0.717, 1.165) is 11.0 Å². The second-order valence-electron chi connectivity index (χ2n) is 7.14. The molecule has 2 atom stereocenters. The van der Waals surface area contributed by atoms with Gasteiger partial charge in [-0.15, -0.1) is 0 Å². The molecule has 1 saturated carbocycles. The van der Waals surface area contributed by atoms with Crippen LogP contribution in [0.15, 0.2) is 18.2 Å². The van der Waals surface area contributed by atoms with Crippen molar-refractivity contribution in [3.05, 3.63) is 29.6 Å². The van der Waals surface area contributed by atoms with Gasteiger partial charge in [0, 0.05) is 19.1 Å². The molecule has 4 rings (SSSR count). The van der Waals surface area contributed by atoms with Gasteiger partial charge in [-0.1, -0.05) is 19.3 Å². The van der Waals surface area contributed by atoms with E-state index in [-0.39, 0.29) is 12.7 Å². The van der Waals surface area contributed by atoms with E-state index in [2.05, 4.69) is 20.9 Å². The Morgan fingerprint density at radius 1 is 1.28 bits per heavy atom. The molecule has 1 saturated heterocycles. The smallest absolute Gasteiger partial charge is 0.140 e. The lowest BCUT2D eigenvalue weighted by Crippen LogP contribution is -2.35. The first kappa shape index (κ1) is 16.5. The summed E-state index contributed by atoms with van der Waals surface area (Å²) in [5.41, 5.74) is 2.20. The minimum Gasteiger partial charge on any atom is -0.366 e. The molecule has 0 spiro atoms. The summed E-state index contributed by atoms with van der Waals surface area (Å²) in [4.78, 5) is 9.89. The van der Waals surface area contributed by atoms with Gasteiger partial charge in [-0.25, -0.2) is 9.37 Å². The number of H-pyrrole nitrogens is 1. The van der Waals surface area contributed by atoms with Crippen LogP contribution in [-0.2, 0) is 11.3 Å². The van der Waals surface area contributed by atoms with Crippen molar-refractivity contribution >= 4 is 11.0 Å². The number of ether oxygens (including phenoxy) is 1. The average Bonchev–Trinajstić information content (AvgIpc) is 3.22. The van der Waals surface area contributed by atoms with Gasteiger partial charge < -0.3 is 9.72 Å². The molecule has 0 unspecified atom stereocenters. The Balaban J connectivity index is 1.37. The first-order valence-electron chi connectivity index (χ1n) is 9.11. The lowest BCUT2D eigenvalue weighted by atomic mass is 9.94. The lowest BCUT2D eigenvalue weighted by Gasteiger charge is -2.30. The predicted molar refractivity (Wildman–Crippen MR) is 92.7 cm³/mol. The third-order valence-corrected chi connectivity index (χ3v) is 5.41. The van der Waals surface area contributed by atoms with Gasteiger partial charge in [-0.3, -0.25) is 4.90 Å². The number of imidazole rings is 1. The number of aromatic amines is 1. The van der Waals surface area contributed by atoms with Crippen LogP contribution in [0, 0.1) is 11.3 Å². The van der Waals surface area contributed by atoms with Crippen molar-refractivity contribution in [1.29, 1.82) is 5.26 Å². The highest BCUT2D eigenvalue weighted by Crippen LogP contribution is 2.28.